The van der Waals surface area contributed by atoms with E-state index in [4.69, 9.17) is 11.6 Å². The van der Waals surface area contributed by atoms with Gasteiger partial charge in [0.25, 0.3) is 0 Å². The Kier molecular flexibility index (Phi) is 5.58. The third-order valence-electron chi connectivity index (χ3n) is 3.41. The number of aromatic nitrogens is 1. The lowest BCUT2D eigenvalue weighted by Gasteiger charge is -2.24. The van der Waals surface area contributed by atoms with Gasteiger partial charge in [-0.05, 0) is 26.0 Å². The maximum Gasteiger partial charge on any atom is 0.123 e. The maximum atomic E-state index is 5.79. The van der Waals surface area contributed by atoms with Gasteiger partial charge in [0.1, 0.15) is 5.01 Å². The van der Waals surface area contributed by atoms with Gasteiger partial charge in [0.05, 0.1) is 11.6 Å². The van der Waals surface area contributed by atoms with Gasteiger partial charge in [-0.15, -0.1) is 22.9 Å². The fourth-order valence-corrected chi connectivity index (χ4v) is 3.20. The summed E-state index contributed by atoms with van der Waals surface area (Å²) in [6.45, 7) is 8.75. The van der Waals surface area contributed by atoms with Crippen LogP contribution in [-0.2, 0) is 12.4 Å². The Morgan fingerprint density at radius 2 is 1.95 bits per heavy atom. The number of rotatable bonds is 6. The Bertz CT molecular complexity index is 534. The fourth-order valence-electron chi connectivity index (χ4n) is 2.15. The molecule has 0 aliphatic rings. The number of hydrogen-bond donors (Lipinski definition) is 0. The zero-order valence-corrected chi connectivity index (χ0v) is 13.8. The molecule has 4 heteroatoms. The Balaban J connectivity index is 2.09. The summed E-state index contributed by atoms with van der Waals surface area (Å²) in [6, 6.07) is 9.27. The van der Waals surface area contributed by atoms with E-state index in [1.54, 1.807) is 11.3 Å². The zero-order chi connectivity index (χ0) is 14.5. The van der Waals surface area contributed by atoms with Gasteiger partial charge in [-0.2, -0.15) is 0 Å². The highest BCUT2D eigenvalue weighted by atomic mass is 35.5. The van der Waals surface area contributed by atoms with Crippen molar-refractivity contribution in [2.75, 3.05) is 6.54 Å². The predicted octanol–water partition coefficient (Wildman–Crippen LogP) is 4.78. The van der Waals surface area contributed by atoms with Crippen molar-refractivity contribution in [1.82, 2.24) is 9.88 Å². The number of alkyl halides is 1. The summed E-state index contributed by atoms with van der Waals surface area (Å²) < 4.78 is 0. The van der Waals surface area contributed by atoms with Gasteiger partial charge in [-0.25, -0.2) is 4.98 Å². The van der Waals surface area contributed by atoms with Crippen LogP contribution in [0.2, 0.25) is 0 Å². The van der Waals surface area contributed by atoms with Crippen molar-refractivity contribution in [2.45, 2.75) is 39.2 Å². The van der Waals surface area contributed by atoms with Crippen LogP contribution in [0.1, 0.15) is 32.0 Å². The fraction of sp³-hybridized carbons (Fsp3) is 0.438. The van der Waals surface area contributed by atoms with E-state index in [9.17, 15) is 0 Å². The van der Waals surface area contributed by atoms with Gasteiger partial charge in [-0.1, -0.05) is 31.2 Å². The molecule has 0 atom stereocenters. The first-order chi connectivity index (χ1) is 9.63. The molecule has 2 aromatic rings. The first-order valence-electron chi connectivity index (χ1n) is 6.97. The highest BCUT2D eigenvalue weighted by Gasteiger charge is 2.08. The Morgan fingerprint density at radius 1 is 1.25 bits per heavy atom. The average Bonchev–Trinajstić information content (AvgIpc) is 2.94. The number of thiazole rings is 1. The van der Waals surface area contributed by atoms with E-state index in [0.717, 1.165) is 23.8 Å². The minimum atomic E-state index is 0.481. The third kappa shape index (κ3) is 3.81. The molecule has 2 rings (SSSR count). The molecule has 0 radical (unpaired) electrons. The molecule has 0 spiro atoms. The van der Waals surface area contributed by atoms with Crippen LogP contribution in [-0.4, -0.2) is 22.5 Å². The van der Waals surface area contributed by atoms with E-state index in [0.29, 0.717) is 11.9 Å². The molecule has 1 aromatic carbocycles. The molecule has 20 heavy (non-hydrogen) atoms. The molecular formula is C16H21ClN2S. The van der Waals surface area contributed by atoms with Crippen molar-refractivity contribution in [3.63, 3.8) is 0 Å². The quantitative estimate of drug-likeness (QED) is 0.714. The topological polar surface area (TPSA) is 16.1 Å². The molecule has 0 saturated heterocycles. The lowest BCUT2D eigenvalue weighted by atomic mass is 10.1. The molecule has 1 aromatic heterocycles. The van der Waals surface area contributed by atoms with Crippen LogP contribution < -0.4 is 0 Å². The first kappa shape index (κ1) is 15.5. The van der Waals surface area contributed by atoms with Crippen molar-refractivity contribution in [1.29, 1.82) is 0 Å². The van der Waals surface area contributed by atoms with E-state index < -0.39 is 0 Å². The summed E-state index contributed by atoms with van der Waals surface area (Å²) in [5.41, 5.74) is 3.47. The number of hydrogen-bond acceptors (Lipinski definition) is 3. The zero-order valence-electron chi connectivity index (χ0n) is 12.3. The lowest BCUT2D eigenvalue weighted by Crippen LogP contribution is -2.29. The summed E-state index contributed by atoms with van der Waals surface area (Å²) in [7, 11) is 0. The minimum absolute atomic E-state index is 0.481. The normalized spacial score (nSPS) is 11.5. The van der Waals surface area contributed by atoms with Crippen molar-refractivity contribution >= 4 is 22.9 Å². The predicted molar refractivity (Wildman–Crippen MR) is 88.3 cm³/mol. The smallest absolute Gasteiger partial charge is 0.123 e. The monoisotopic (exact) mass is 308 g/mol. The Labute approximate surface area is 130 Å². The van der Waals surface area contributed by atoms with Crippen molar-refractivity contribution < 1.29 is 0 Å². The second-order valence-corrected chi connectivity index (χ2v) is 6.26. The first-order valence-corrected chi connectivity index (χ1v) is 8.39. The van der Waals surface area contributed by atoms with Crippen LogP contribution >= 0.6 is 22.9 Å². The van der Waals surface area contributed by atoms with E-state index in [1.165, 1.54) is 11.1 Å². The second kappa shape index (κ2) is 7.21. The van der Waals surface area contributed by atoms with E-state index >= 15 is 0 Å². The molecule has 0 aliphatic carbocycles. The van der Waals surface area contributed by atoms with E-state index in [1.807, 2.05) is 5.38 Å². The SMILES string of the molecule is CCN(Cc1ccc(-c2nc(CCl)cs2)cc1)C(C)C. The van der Waals surface area contributed by atoms with Crippen LogP contribution in [0.5, 0.6) is 0 Å². The van der Waals surface area contributed by atoms with Crippen LogP contribution in [0.15, 0.2) is 29.6 Å². The van der Waals surface area contributed by atoms with Gasteiger partial charge in [-0.3, -0.25) is 4.90 Å². The average molecular weight is 309 g/mol. The Hall–Kier alpha value is -0.900. The van der Waals surface area contributed by atoms with Gasteiger partial charge >= 0.3 is 0 Å². The summed E-state index contributed by atoms with van der Waals surface area (Å²) >= 11 is 7.44. The molecule has 0 saturated carbocycles. The van der Waals surface area contributed by atoms with Gasteiger partial charge in [0.2, 0.25) is 0 Å². The van der Waals surface area contributed by atoms with E-state index in [2.05, 4.69) is 54.9 Å². The van der Waals surface area contributed by atoms with E-state index in [-0.39, 0.29) is 0 Å². The Morgan fingerprint density at radius 3 is 2.45 bits per heavy atom. The summed E-state index contributed by atoms with van der Waals surface area (Å²) in [5, 5.41) is 3.07. The van der Waals surface area contributed by atoms with Crippen molar-refractivity contribution in [3.8, 4) is 10.6 Å². The third-order valence-corrected chi connectivity index (χ3v) is 4.63. The molecule has 0 unspecified atom stereocenters. The van der Waals surface area contributed by atoms with Crippen molar-refractivity contribution in [2.24, 2.45) is 0 Å². The molecule has 0 bridgehead atoms. The van der Waals surface area contributed by atoms with Crippen LogP contribution in [0, 0.1) is 0 Å². The number of nitrogens with zero attached hydrogens (tertiary/aromatic N) is 2. The van der Waals surface area contributed by atoms with Gasteiger partial charge < -0.3 is 0 Å². The summed E-state index contributed by atoms with van der Waals surface area (Å²) in [5.74, 6) is 0.481. The molecule has 108 valence electrons. The highest BCUT2D eigenvalue weighted by Crippen LogP contribution is 2.25. The molecule has 1 heterocycles. The lowest BCUT2D eigenvalue weighted by molar-refractivity contribution is 0.225. The number of halogens is 1. The van der Waals surface area contributed by atoms with Gasteiger partial charge in [0, 0.05) is 23.5 Å². The van der Waals surface area contributed by atoms with Crippen LogP contribution in [0.3, 0.4) is 0 Å². The molecule has 2 nitrogen and oxygen atoms in total. The minimum Gasteiger partial charge on any atom is -0.297 e. The molecule has 0 N–H and O–H groups in total. The highest BCUT2D eigenvalue weighted by molar-refractivity contribution is 7.13. The largest absolute Gasteiger partial charge is 0.297 e. The van der Waals surface area contributed by atoms with Gasteiger partial charge in [0.15, 0.2) is 0 Å². The standard InChI is InChI=1S/C16H21ClN2S/c1-4-19(12(2)3)10-13-5-7-14(8-6-13)16-18-15(9-17)11-20-16/h5-8,11-12H,4,9-10H2,1-3H3. The summed E-state index contributed by atoms with van der Waals surface area (Å²) in [6.07, 6.45) is 0. The second-order valence-electron chi connectivity index (χ2n) is 5.13. The van der Waals surface area contributed by atoms with Crippen molar-refractivity contribution in [3.05, 3.63) is 40.9 Å². The number of benzene rings is 1. The van der Waals surface area contributed by atoms with Crippen LogP contribution in [0.4, 0.5) is 0 Å². The molecular weight excluding hydrogens is 288 g/mol. The van der Waals surface area contributed by atoms with Crippen LogP contribution in [0.25, 0.3) is 10.6 Å². The molecule has 0 fully saturated rings. The summed E-state index contributed by atoms with van der Waals surface area (Å²) in [4.78, 5) is 6.96. The molecule has 0 amide bonds. The molecule has 0 aliphatic heterocycles. The maximum absolute atomic E-state index is 5.79.